The van der Waals surface area contributed by atoms with E-state index in [0.717, 1.165) is 10.0 Å². The van der Waals surface area contributed by atoms with Crippen molar-refractivity contribution in [1.82, 2.24) is 9.88 Å². The summed E-state index contributed by atoms with van der Waals surface area (Å²) >= 11 is 6.61. The maximum atomic E-state index is 11.7. The van der Waals surface area contributed by atoms with E-state index in [1.165, 1.54) is 0 Å². The number of pyridine rings is 1. The van der Waals surface area contributed by atoms with Crippen LogP contribution in [0.15, 0.2) is 33.5 Å². The van der Waals surface area contributed by atoms with Crippen molar-refractivity contribution in [3.05, 3.63) is 39.1 Å². The summed E-state index contributed by atoms with van der Waals surface area (Å²) in [6.45, 7) is 1.24. The first-order chi connectivity index (χ1) is 7.18. The highest BCUT2D eigenvalue weighted by Crippen LogP contribution is 2.28. The molecule has 0 unspecified atom stereocenters. The van der Waals surface area contributed by atoms with Crippen molar-refractivity contribution in [2.24, 2.45) is 0 Å². The van der Waals surface area contributed by atoms with Gasteiger partial charge >= 0.3 is 0 Å². The van der Waals surface area contributed by atoms with Crippen molar-refractivity contribution >= 4 is 37.8 Å². The van der Waals surface area contributed by atoms with Gasteiger partial charge in [0.25, 0.3) is 5.91 Å². The van der Waals surface area contributed by atoms with Gasteiger partial charge in [0.05, 0.1) is 11.0 Å². The summed E-state index contributed by atoms with van der Waals surface area (Å²) in [4.78, 5) is 17.4. The molecule has 0 bridgehead atoms. The molecule has 0 aromatic carbocycles. The molecule has 0 radical (unpaired) electrons. The number of aromatic nitrogens is 1. The number of rotatable bonds is 2. The molecule has 5 heteroatoms. The van der Waals surface area contributed by atoms with Crippen LogP contribution >= 0.6 is 31.9 Å². The Balaban J connectivity index is 2.08. The van der Waals surface area contributed by atoms with Crippen LogP contribution in [0.3, 0.4) is 0 Å². The van der Waals surface area contributed by atoms with Gasteiger partial charge in [0, 0.05) is 23.4 Å². The van der Waals surface area contributed by atoms with Crippen LogP contribution in [0.4, 0.5) is 0 Å². The van der Waals surface area contributed by atoms with Crippen molar-refractivity contribution in [2.75, 3.05) is 6.54 Å². The Morgan fingerprint density at radius 2 is 2.00 bits per heavy atom. The first-order valence-corrected chi connectivity index (χ1v) is 5.99. The first-order valence-electron chi connectivity index (χ1n) is 4.41. The molecule has 2 heterocycles. The van der Waals surface area contributed by atoms with E-state index in [9.17, 15) is 4.79 Å². The van der Waals surface area contributed by atoms with E-state index < -0.39 is 0 Å². The lowest BCUT2D eigenvalue weighted by molar-refractivity contribution is -0.125. The van der Waals surface area contributed by atoms with Crippen LogP contribution in [0, 0.1) is 0 Å². The molecule has 1 aromatic rings. The minimum atomic E-state index is 0.0266. The monoisotopic (exact) mass is 330 g/mol. The number of halogens is 2. The molecule has 0 atom stereocenters. The second-order valence-corrected chi connectivity index (χ2v) is 4.99. The molecule has 0 aliphatic carbocycles. The Labute approximate surface area is 104 Å². The predicted molar refractivity (Wildman–Crippen MR) is 64.5 cm³/mol. The summed E-state index contributed by atoms with van der Waals surface area (Å²) in [7, 11) is 0. The maximum Gasteiger partial charge on any atom is 0.262 e. The molecule has 1 amide bonds. The van der Waals surface area contributed by atoms with E-state index in [4.69, 9.17) is 0 Å². The fourth-order valence-corrected chi connectivity index (χ4v) is 2.25. The van der Waals surface area contributed by atoms with E-state index in [-0.39, 0.29) is 5.91 Å². The lowest BCUT2D eigenvalue weighted by Crippen LogP contribution is -2.25. The van der Waals surface area contributed by atoms with E-state index in [2.05, 4.69) is 36.8 Å². The van der Waals surface area contributed by atoms with Crippen molar-refractivity contribution in [2.45, 2.75) is 6.54 Å². The van der Waals surface area contributed by atoms with Gasteiger partial charge in [-0.15, -0.1) is 0 Å². The van der Waals surface area contributed by atoms with Gasteiger partial charge in [-0.2, -0.15) is 0 Å². The topological polar surface area (TPSA) is 33.2 Å². The fourth-order valence-electron chi connectivity index (χ4n) is 1.40. The molecule has 2 rings (SSSR count). The average Bonchev–Trinajstić information content (AvgIpc) is 2.48. The minimum Gasteiger partial charge on any atom is -0.329 e. The summed E-state index contributed by atoms with van der Waals surface area (Å²) in [5.74, 6) is 0.0266. The smallest absolute Gasteiger partial charge is 0.262 e. The molecule has 1 aliphatic heterocycles. The van der Waals surface area contributed by atoms with E-state index >= 15 is 0 Å². The lowest BCUT2D eigenvalue weighted by Gasteiger charge is -2.15. The number of carbonyl (C=O) groups is 1. The largest absolute Gasteiger partial charge is 0.329 e. The Morgan fingerprint density at radius 1 is 1.33 bits per heavy atom. The molecule has 0 N–H and O–H groups in total. The quantitative estimate of drug-likeness (QED) is 0.834. The Kier molecular flexibility index (Phi) is 3.21. The predicted octanol–water partition coefficient (Wildman–Crippen LogP) is 2.43. The second-order valence-electron chi connectivity index (χ2n) is 3.24. The van der Waals surface area contributed by atoms with Gasteiger partial charge in [-0.3, -0.25) is 9.78 Å². The first kappa shape index (κ1) is 10.8. The van der Waals surface area contributed by atoms with Crippen LogP contribution in [-0.4, -0.2) is 22.3 Å². The van der Waals surface area contributed by atoms with Crippen LogP contribution in [0.5, 0.6) is 0 Å². The molecule has 0 fully saturated rings. The average molecular weight is 332 g/mol. The molecule has 0 saturated heterocycles. The zero-order chi connectivity index (χ0) is 10.8. The number of hydrogen-bond donors (Lipinski definition) is 0. The van der Waals surface area contributed by atoms with Crippen molar-refractivity contribution in [3.63, 3.8) is 0 Å². The Morgan fingerprint density at radius 3 is 2.53 bits per heavy atom. The zero-order valence-electron chi connectivity index (χ0n) is 7.78. The summed E-state index contributed by atoms with van der Waals surface area (Å²) in [6, 6.07) is 3.82. The van der Waals surface area contributed by atoms with Gasteiger partial charge in [0.15, 0.2) is 0 Å². The summed E-state index contributed by atoms with van der Waals surface area (Å²) < 4.78 is 1.53. The highest BCUT2D eigenvalue weighted by Gasteiger charge is 2.27. The summed E-state index contributed by atoms with van der Waals surface area (Å²) in [5, 5.41) is 0. The molecule has 1 aromatic heterocycles. The van der Waals surface area contributed by atoms with Crippen LogP contribution in [-0.2, 0) is 11.3 Å². The van der Waals surface area contributed by atoms with Gasteiger partial charge in [-0.1, -0.05) is 15.9 Å². The third-order valence-electron chi connectivity index (χ3n) is 2.17. The molecular formula is C10H8Br2N2O. The van der Waals surface area contributed by atoms with Gasteiger partial charge in [0.1, 0.15) is 0 Å². The summed E-state index contributed by atoms with van der Waals surface area (Å²) in [6.07, 6.45) is 3.46. The zero-order valence-corrected chi connectivity index (χ0v) is 11.0. The Hall–Kier alpha value is -0.680. The van der Waals surface area contributed by atoms with Crippen molar-refractivity contribution in [3.8, 4) is 0 Å². The third kappa shape index (κ3) is 2.29. The molecule has 1 aliphatic rings. The van der Waals surface area contributed by atoms with E-state index in [1.54, 1.807) is 17.3 Å². The van der Waals surface area contributed by atoms with Gasteiger partial charge in [-0.05, 0) is 33.6 Å². The molecule has 0 spiro atoms. The van der Waals surface area contributed by atoms with E-state index in [1.807, 2.05) is 12.1 Å². The van der Waals surface area contributed by atoms with Crippen molar-refractivity contribution < 1.29 is 4.79 Å². The molecule has 3 nitrogen and oxygen atoms in total. The van der Waals surface area contributed by atoms with Crippen LogP contribution in [0.2, 0.25) is 0 Å². The summed E-state index contributed by atoms with van der Waals surface area (Å²) in [5.41, 5.74) is 1.08. The highest BCUT2D eigenvalue weighted by atomic mass is 79.9. The number of amides is 1. The molecule has 0 saturated carbocycles. The van der Waals surface area contributed by atoms with Gasteiger partial charge in [-0.25, -0.2) is 0 Å². The lowest BCUT2D eigenvalue weighted by atomic mass is 10.2. The van der Waals surface area contributed by atoms with Gasteiger partial charge < -0.3 is 4.90 Å². The SMILES string of the molecule is O=C1C(Br)=C(Br)CN1Cc1ccncc1. The number of nitrogens with zero attached hydrogens (tertiary/aromatic N) is 2. The molecule has 15 heavy (non-hydrogen) atoms. The Bertz CT molecular complexity index is 417. The third-order valence-corrected chi connectivity index (χ3v) is 4.16. The van der Waals surface area contributed by atoms with E-state index in [0.29, 0.717) is 17.6 Å². The highest BCUT2D eigenvalue weighted by molar-refractivity contribution is 9.14. The number of hydrogen-bond acceptors (Lipinski definition) is 2. The van der Waals surface area contributed by atoms with Crippen LogP contribution in [0.25, 0.3) is 0 Å². The molecular weight excluding hydrogens is 324 g/mol. The maximum absolute atomic E-state index is 11.7. The normalized spacial score (nSPS) is 16.4. The number of carbonyl (C=O) groups excluding carboxylic acids is 1. The van der Waals surface area contributed by atoms with Crippen LogP contribution < -0.4 is 0 Å². The molecule has 78 valence electrons. The second kappa shape index (κ2) is 4.45. The minimum absolute atomic E-state index is 0.0266. The fraction of sp³-hybridized carbons (Fsp3) is 0.200. The van der Waals surface area contributed by atoms with Crippen LogP contribution in [0.1, 0.15) is 5.56 Å². The van der Waals surface area contributed by atoms with Crippen molar-refractivity contribution in [1.29, 1.82) is 0 Å². The standard InChI is InChI=1S/C10H8Br2N2O/c11-8-6-14(10(15)9(8)12)5-7-1-3-13-4-2-7/h1-4H,5-6H2. The van der Waals surface area contributed by atoms with Gasteiger partial charge in [0.2, 0.25) is 0 Å².